The van der Waals surface area contributed by atoms with Crippen LogP contribution in [0.5, 0.6) is 0 Å². The molecule has 1 fully saturated rings. The van der Waals surface area contributed by atoms with Crippen molar-refractivity contribution in [3.63, 3.8) is 0 Å². The summed E-state index contributed by atoms with van der Waals surface area (Å²) in [5.41, 5.74) is 7.31. The number of amides is 12. The van der Waals surface area contributed by atoms with Gasteiger partial charge in [0.2, 0.25) is 41.4 Å². The number of nitrogens with one attached hydrogen (secondary N) is 6. The van der Waals surface area contributed by atoms with Crippen molar-refractivity contribution in [1.82, 2.24) is 46.2 Å². The van der Waals surface area contributed by atoms with Gasteiger partial charge in [0, 0.05) is 78.1 Å². The minimum atomic E-state index is -1.19. The van der Waals surface area contributed by atoms with Crippen LogP contribution in [-0.2, 0) is 75.2 Å². The molecule has 2 aliphatic rings. The Morgan fingerprint density at radius 1 is 0.704 bits per heavy atom. The van der Waals surface area contributed by atoms with Crippen LogP contribution in [-0.4, -0.2) is 198 Å². The summed E-state index contributed by atoms with van der Waals surface area (Å²) in [5, 5.41) is 26.4. The Morgan fingerprint density at radius 2 is 1.35 bits per heavy atom. The van der Waals surface area contributed by atoms with Crippen LogP contribution < -0.4 is 37.6 Å². The van der Waals surface area contributed by atoms with E-state index in [0.717, 1.165) is 10.5 Å². The van der Waals surface area contributed by atoms with Gasteiger partial charge in [-0.3, -0.25) is 53.0 Å². The summed E-state index contributed by atoms with van der Waals surface area (Å²) in [5.74, 6) is -7.71. The number of rotatable bonds is 40. The minimum absolute atomic E-state index is 0.0749. The van der Waals surface area contributed by atoms with Gasteiger partial charge in [-0.2, -0.15) is 0 Å². The van der Waals surface area contributed by atoms with Crippen molar-refractivity contribution in [2.24, 2.45) is 41.2 Å². The number of carbonyl (C=O) groups is 12. The largest absolute Gasteiger partial charge is 0.480 e. The van der Waals surface area contributed by atoms with Gasteiger partial charge < -0.3 is 66.8 Å². The number of imide groups is 1. The van der Waals surface area contributed by atoms with Crippen LogP contribution in [0.15, 0.2) is 66.2 Å². The van der Waals surface area contributed by atoms with Crippen molar-refractivity contribution in [2.45, 2.75) is 208 Å². The van der Waals surface area contributed by atoms with Crippen molar-refractivity contribution in [3.05, 3.63) is 77.4 Å². The summed E-state index contributed by atoms with van der Waals surface area (Å²) in [6, 6.07) is 7.86. The molecule has 98 heavy (non-hydrogen) atoms. The molecule has 2 heterocycles. The molecule has 11 atom stereocenters. The topological polar surface area (TPSA) is 364 Å². The maximum Gasteiger partial charge on any atom is 0.410 e. The van der Waals surface area contributed by atoms with Crippen molar-refractivity contribution < 1.29 is 76.9 Å². The maximum atomic E-state index is 14.8. The number of likely N-dealkylation sites (tertiary alicyclic amines) is 1. The number of nitrogens with two attached hydrogens (primary N) is 1. The Kier molecular flexibility index (Phi) is 33.3. The number of urea groups is 1. The average Bonchev–Trinajstić information content (AvgIpc) is 1.21. The van der Waals surface area contributed by atoms with E-state index in [1.54, 1.807) is 109 Å². The molecule has 0 saturated carbocycles. The highest BCUT2D eigenvalue weighted by Crippen LogP contribution is 2.31. The Balaban J connectivity index is 1.37. The fourth-order valence-electron chi connectivity index (χ4n) is 12.5. The number of carboxylic acid groups (broad SMARTS) is 1. The van der Waals surface area contributed by atoms with Gasteiger partial charge in [0.05, 0.1) is 36.6 Å². The van der Waals surface area contributed by atoms with E-state index in [2.05, 4.69) is 31.9 Å². The van der Waals surface area contributed by atoms with Crippen LogP contribution in [0.2, 0.25) is 0 Å². The fourth-order valence-corrected chi connectivity index (χ4v) is 12.5. The standard InChI is InChI=1S/C71H109N11O16/c1-16-45(10)61(54(96-14)39-57(85)81-36-24-28-53(81)62(97-15)46(11)63(86)76-52(69(92)93)37-47-25-19-17-20-26-47)79(12)68(91)59(43(6)7)78-66(89)60(44(8)9)80(13)71(95)98-40-48-30-32-49(33-31-48)74-64(87)51(27-23-34-73-70(72)94)75-65(88)58(42(4)5)77-55(83)29-21-18-22-35-82-56(84)38-50(41(2)3)67(82)90/h17,19-20,25-26,30-33,38,41-46,51-54,58-62H,16,18,21-24,27-29,34-37,39-40H2,1-15H3,(H,74,87)(H,75,88)(H,76,86)(H,77,83)(H,78,89)(H,92,93)(H3,72,73,94)/t45-,46+,51?,52-,53-,54+,58-,59-,60-,61-,62+/m0/s1. The second kappa shape index (κ2) is 39.8. The molecular formula is C71H109N11O16. The molecule has 2 aliphatic heterocycles. The summed E-state index contributed by atoms with van der Waals surface area (Å²) in [7, 11) is 5.97. The Labute approximate surface area is 577 Å². The first-order chi connectivity index (χ1) is 46.3. The first-order valence-electron chi connectivity index (χ1n) is 34.3. The predicted molar refractivity (Wildman–Crippen MR) is 368 cm³/mol. The Morgan fingerprint density at radius 3 is 1.91 bits per heavy atom. The normalized spacial score (nSPS) is 17.0. The summed E-state index contributed by atoms with van der Waals surface area (Å²) < 4.78 is 17.7. The SMILES string of the molecule is CC[C@H](C)[C@@H]([C@@H](CC(=O)N1CCC[C@H]1[C@H](OC)[C@@H](C)C(=O)N[C@@H](Cc1ccccc1)C(=O)O)OC)N(C)C(=O)[C@@H](NC(=O)[C@H](C(C)C)N(C)C(=O)OCc1ccc(NC(=O)C(CCCNC(N)=O)NC(=O)[C@@H](NC(=O)CCCCCN2C(=O)C=C(C(C)C)C2=O)C(C)C)cc1)C(C)C. The van der Waals surface area contributed by atoms with Gasteiger partial charge >= 0.3 is 18.1 Å². The summed E-state index contributed by atoms with van der Waals surface area (Å²) in [4.78, 5) is 166. The lowest BCUT2D eigenvalue weighted by Crippen LogP contribution is -2.60. The monoisotopic (exact) mass is 1370 g/mol. The minimum Gasteiger partial charge on any atom is -0.480 e. The van der Waals surface area contributed by atoms with Crippen molar-refractivity contribution in [2.75, 3.05) is 53.3 Å². The lowest BCUT2D eigenvalue weighted by Gasteiger charge is -2.41. The molecule has 4 rings (SSSR count). The van der Waals surface area contributed by atoms with E-state index in [0.29, 0.717) is 61.9 Å². The predicted octanol–water partition coefficient (Wildman–Crippen LogP) is 5.68. The number of methoxy groups -OCH3 is 2. The van der Waals surface area contributed by atoms with Gasteiger partial charge in [-0.15, -0.1) is 0 Å². The molecule has 2 aromatic carbocycles. The number of likely N-dealkylation sites (N-methyl/N-ethyl adjacent to an activating group) is 2. The lowest BCUT2D eigenvalue weighted by atomic mass is 9.89. The van der Waals surface area contributed by atoms with Gasteiger partial charge in [-0.1, -0.05) is 131 Å². The van der Waals surface area contributed by atoms with Gasteiger partial charge in [0.1, 0.15) is 36.8 Å². The molecule has 2 aromatic rings. The molecule has 1 unspecified atom stereocenters. The number of benzene rings is 2. The molecule has 9 N–H and O–H groups in total. The molecule has 12 amide bonds. The van der Waals surface area contributed by atoms with Crippen LogP contribution in [0.1, 0.15) is 151 Å². The number of unbranched alkanes of at least 4 members (excludes halogenated alkanes) is 2. The van der Waals surface area contributed by atoms with E-state index in [-0.39, 0.29) is 87.3 Å². The number of nitrogens with zero attached hydrogens (tertiary/aromatic N) is 4. The zero-order valence-corrected chi connectivity index (χ0v) is 60.0. The highest BCUT2D eigenvalue weighted by molar-refractivity contribution is 6.16. The van der Waals surface area contributed by atoms with E-state index in [1.807, 2.05) is 33.8 Å². The van der Waals surface area contributed by atoms with E-state index in [1.165, 1.54) is 37.1 Å². The zero-order valence-electron chi connectivity index (χ0n) is 60.0. The molecule has 27 nitrogen and oxygen atoms in total. The number of carbonyl (C=O) groups excluding carboxylic acids is 11. The number of carboxylic acids is 1. The molecule has 1 saturated heterocycles. The third-order valence-corrected chi connectivity index (χ3v) is 18.4. The third kappa shape index (κ3) is 23.9. The molecule has 0 spiro atoms. The highest BCUT2D eigenvalue weighted by Gasteiger charge is 2.44. The van der Waals surface area contributed by atoms with Crippen molar-refractivity contribution in [3.8, 4) is 0 Å². The second-order valence-corrected chi connectivity index (χ2v) is 27.1. The Hall–Kier alpha value is -8.46. The molecule has 0 aromatic heterocycles. The molecular weight excluding hydrogens is 1260 g/mol. The van der Waals surface area contributed by atoms with Crippen molar-refractivity contribution >= 4 is 76.9 Å². The highest BCUT2D eigenvalue weighted by atomic mass is 16.6. The van der Waals surface area contributed by atoms with E-state index >= 15 is 0 Å². The summed E-state index contributed by atoms with van der Waals surface area (Å²) >= 11 is 0. The Bertz CT molecular complexity index is 3070. The maximum absolute atomic E-state index is 14.8. The average molecular weight is 1370 g/mol. The van der Waals surface area contributed by atoms with Gasteiger partial charge in [-0.05, 0) is 91.4 Å². The van der Waals surface area contributed by atoms with E-state index in [9.17, 15) is 62.6 Å². The van der Waals surface area contributed by atoms with Crippen LogP contribution in [0, 0.1) is 35.5 Å². The van der Waals surface area contributed by atoms with Gasteiger partial charge in [0.25, 0.3) is 11.8 Å². The molecule has 0 radical (unpaired) electrons. The summed E-state index contributed by atoms with van der Waals surface area (Å²) in [6.07, 6.45) is 2.51. The van der Waals surface area contributed by atoms with Crippen LogP contribution in [0.3, 0.4) is 0 Å². The van der Waals surface area contributed by atoms with Crippen LogP contribution in [0.4, 0.5) is 15.3 Å². The van der Waals surface area contributed by atoms with Gasteiger partial charge in [0.15, 0.2) is 0 Å². The number of primary amides is 1. The van der Waals surface area contributed by atoms with Crippen molar-refractivity contribution in [1.29, 1.82) is 0 Å². The van der Waals surface area contributed by atoms with Crippen LogP contribution >= 0.6 is 0 Å². The van der Waals surface area contributed by atoms with Gasteiger partial charge in [-0.25, -0.2) is 14.4 Å². The lowest BCUT2D eigenvalue weighted by molar-refractivity contribution is -0.148. The number of hydrogen-bond acceptors (Lipinski definition) is 15. The molecule has 27 heteroatoms. The molecule has 544 valence electrons. The zero-order chi connectivity index (χ0) is 73.2. The smallest absolute Gasteiger partial charge is 0.410 e. The number of hydrogen-bond donors (Lipinski definition) is 8. The number of ether oxygens (including phenoxy) is 3. The van der Waals surface area contributed by atoms with Crippen LogP contribution in [0.25, 0.3) is 0 Å². The second-order valence-electron chi connectivity index (χ2n) is 27.1. The van der Waals surface area contributed by atoms with E-state index < -0.39 is 126 Å². The number of aliphatic carboxylic acids is 1. The molecule has 0 bridgehead atoms. The first-order valence-corrected chi connectivity index (χ1v) is 34.3. The first kappa shape index (κ1) is 82.0. The molecule has 0 aliphatic carbocycles. The van der Waals surface area contributed by atoms with E-state index in [4.69, 9.17) is 19.9 Å². The third-order valence-electron chi connectivity index (χ3n) is 18.4. The quantitative estimate of drug-likeness (QED) is 0.0294. The summed E-state index contributed by atoms with van der Waals surface area (Å²) in [6.45, 7) is 20.3. The fraction of sp³-hybridized carbons (Fsp3) is 0.634. The number of anilines is 1.